The van der Waals surface area contributed by atoms with Gasteiger partial charge >= 0.3 is 0 Å². The third-order valence-electron chi connectivity index (χ3n) is 4.92. The number of amides is 2. The molecule has 3 aromatic carbocycles. The van der Waals surface area contributed by atoms with Crippen molar-refractivity contribution in [1.82, 2.24) is 0 Å². The highest BCUT2D eigenvalue weighted by molar-refractivity contribution is 6.29. The van der Waals surface area contributed by atoms with E-state index in [9.17, 15) is 9.59 Å². The zero-order valence-corrected chi connectivity index (χ0v) is 19.4. The van der Waals surface area contributed by atoms with Crippen LogP contribution in [0.2, 0.25) is 0 Å². The van der Waals surface area contributed by atoms with Gasteiger partial charge in [-0.15, -0.1) is 0 Å². The molecule has 0 saturated heterocycles. The molecule has 8 heteroatoms. The van der Waals surface area contributed by atoms with Crippen LogP contribution in [0.15, 0.2) is 72.3 Å². The summed E-state index contributed by atoms with van der Waals surface area (Å²) in [5, 5.41) is 5.50. The van der Waals surface area contributed by atoms with Gasteiger partial charge in [0.05, 0.1) is 39.8 Å². The number of benzene rings is 3. The molecule has 2 amide bonds. The van der Waals surface area contributed by atoms with E-state index in [0.717, 1.165) is 0 Å². The van der Waals surface area contributed by atoms with Crippen LogP contribution in [0.25, 0.3) is 6.08 Å². The fourth-order valence-corrected chi connectivity index (χ4v) is 3.22. The van der Waals surface area contributed by atoms with Gasteiger partial charge in [-0.1, -0.05) is 30.3 Å². The Morgan fingerprint density at radius 2 is 1.09 bits per heavy atom. The first-order chi connectivity index (χ1) is 16.5. The van der Waals surface area contributed by atoms with E-state index < -0.39 is 11.8 Å². The molecule has 0 aliphatic heterocycles. The van der Waals surface area contributed by atoms with Crippen molar-refractivity contribution in [1.29, 1.82) is 0 Å². The highest BCUT2D eigenvalue weighted by Crippen LogP contribution is 2.30. The van der Waals surface area contributed by atoms with Gasteiger partial charge in [0.15, 0.2) is 11.5 Å². The Morgan fingerprint density at radius 1 is 0.618 bits per heavy atom. The number of hydrogen-bond donors (Lipinski definition) is 2. The van der Waals surface area contributed by atoms with Crippen molar-refractivity contribution in [3.63, 3.8) is 0 Å². The van der Waals surface area contributed by atoms with Crippen molar-refractivity contribution in [2.45, 2.75) is 0 Å². The summed E-state index contributed by atoms with van der Waals surface area (Å²) in [5.74, 6) is 0.681. The molecule has 0 bridgehead atoms. The van der Waals surface area contributed by atoms with Crippen LogP contribution in [-0.4, -0.2) is 40.3 Å². The first kappa shape index (κ1) is 24.2. The molecule has 176 valence electrons. The van der Waals surface area contributed by atoms with Crippen LogP contribution in [0.5, 0.6) is 23.0 Å². The van der Waals surface area contributed by atoms with Gasteiger partial charge in [-0.3, -0.25) is 9.59 Å². The standard InChI is InChI=1S/C26H26N2O6/c1-31-21-11-7-5-9-19(21)27-25(29)18(15-17-13-14-23(33-3)24(16-17)34-4)26(30)28-20-10-6-8-12-22(20)32-2/h5-16H,1-4H3,(H,27,29)(H,28,30). The molecular formula is C26H26N2O6. The summed E-state index contributed by atoms with van der Waals surface area (Å²) in [5.41, 5.74) is 1.29. The first-order valence-electron chi connectivity index (χ1n) is 10.3. The predicted octanol–water partition coefficient (Wildman–Crippen LogP) is 4.38. The number of hydrogen-bond acceptors (Lipinski definition) is 6. The van der Waals surface area contributed by atoms with Gasteiger partial charge < -0.3 is 29.6 Å². The van der Waals surface area contributed by atoms with E-state index in [1.807, 2.05) is 0 Å². The molecule has 0 heterocycles. The number of carbonyl (C=O) groups is 2. The minimum Gasteiger partial charge on any atom is -0.495 e. The van der Waals surface area contributed by atoms with Crippen molar-refractivity contribution in [3.8, 4) is 23.0 Å². The largest absolute Gasteiger partial charge is 0.495 e. The quantitative estimate of drug-likeness (QED) is 0.278. The zero-order valence-electron chi connectivity index (χ0n) is 19.4. The van der Waals surface area contributed by atoms with Gasteiger partial charge in [-0.05, 0) is 48.0 Å². The summed E-state index contributed by atoms with van der Waals surface area (Å²) in [6, 6.07) is 18.9. The third kappa shape index (κ3) is 5.66. The second-order valence-electron chi connectivity index (χ2n) is 6.98. The smallest absolute Gasteiger partial charge is 0.261 e. The van der Waals surface area contributed by atoms with Gasteiger partial charge in [0.25, 0.3) is 11.8 Å². The van der Waals surface area contributed by atoms with Crippen molar-refractivity contribution in [3.05, 3.63) is 77.9 Å². The second kappa shape index (κ2) is 11.4. The van der Waals surface area contributed by atoms with E-state index in [1.54, 1.807) is 66.7 Å². The summed E-state index contributed by atoms with van der Waals surface area (Å²) in [4.78, 5) is 26.5. The minimum atomic E-state index is -0.619. The molecule has 3 aromatic rings. The number of rotatable bonds is 9. The summed E-state index contributed by atoms with van der Waals surface area (Å²) >= 11 is 0. The van der Waals surface area contributed by atoms with Gasteiger partial charge in [-0.25, -0.2) is 0 Å². The van der Waals surface area contributed by atoms with Crippen molar-refractivity contribution in [2.24, 2.45) is 0 Å². The molecule has 0 unspecified atom stereocenters. The van der Waals surface area contributed by atoms with Crippen LogP contribution >= 0.6 is 0 Å². The lowest BCUT2D eigenvalue weighted by Gasteiger charge is -2.14. The molecule has 0 aliphatic rings. The summed E-state index contributed by atoms with van der Waals surface area (Å²) < 4.78 is 21.2. The van der Waals surface area contributed by atoms with Crippen LogP contribution in [-0.2, 0) is 9.59 Å². The van der Waals surface area contributed by atoms with Crippen LogP contribution < -0.4 is 29.6 Å². The number of anilines is 2. The maximum atomic E-state index is 13.3. The van der Waals surface area contributed by atoms with Crippen LogP contribution in [0.3, 0.4) is 0 Å². The fourth-order valence-electron chi connectivity index (χ4n) is 3.22. The summed E-state index contributed by atoms with van der Waals surface area (Å²) in [6.45, 7) is 0. The Hall–Kier alpha value is -4.46. The molecule has 0 radical (unpaired) electrons. The maximum Gasteiger partial charge on any atom is 0.261 e. The third-order valence-corrected chi connectivity index (χ3v) is 4.92. The van der Waals surface area contributed by atoms with E-state index in [0.29, 0.717) is 39.9 Å². The molecule has 0 saturated carbocycles. The van der Waals surface area contributed by atoms with Crippen LogP contribution in [0, 0.1) is 0 Å². The van der Waals surface area contributed by atoms with E-state index in [-0.39, 0.29) is 5.57 Å². The lowest BCUT2D eigenvalue weighted by atomic mass is 10.1. The number of para-hydroxylation sites is 4. The molecule has 0 aliphatic carbocycles. The van der Waals surface area contributed by atoms with Gasteiger partial charge in [0, 0.05) is 0 Å². The molecule has 34 heavy (non-hydrogen) atoms. The van der Waals surface area contributed by atoms with Crippen molar-refractivity contribution in [2.75, 3.05) is 39.1 Å². The van der Waals surface area contributed by atoms with Gasteiger partial charge in [0.1, 0.15) is 17.1 Å². The van der Waals surface area contributed by atoms with E-state index in [2.05, 4.69) is 10.6 Å². The van der Waals surface area contributed by atoms with Crippen molar-refractivity contribution >= 4 is 29.3 Å². The van der Waals surface area contributed by atoms with Crippen LogP contribution in [0.4, 0.5) is 11.4 Å². The molecule has 0 aromatic heterocycles. The van der Waals surface area contributed by atoms with Crippen LogP contribution in [0.1, 0.15) is 5.56 Å². The summed E-state index contributed by atoms with van der Waals surface area (Å²) in [7, 11) is 6.04. The van der Waals surface area contributed by atoms with Gasteiger partial charge in [-0.2, -0.15) is 0 Å². The van der Waals surface area contributed by atoms with E-state index in [4.69, 9.17) is 18.9 Å². The molecule has 3 rings (SSSR count). The highest BCUT2D eigenvalue weighted by Gasteiger charge is 2.21. The maximum absolute atomic E-state index is 13.3. The molecule has 0 spiro atoms. The fraction of sp³-hybridized carbons (Fsp3) is 0.154. The zero-order chi connectivity index (χ0) is 24.5. The Balaban J connectivity index is 2.01. The minimum absolute atomic E-state index is 0.135. The Bertz CT molecular complexity index is 1140. The number of carbonyl (C=O) groups excluding carboxylic acids is 2. The van der Waals surface area contributed by atoms with E-state index in [1.165, 1.54) is 34.5 Å². The lowest BCUT2D eigenvalue weighted by molar-refractivity contribution is -0.118. The molecule has 0 fully saturated rings. The Kier molecular flexibility index (Phi) is 8.12. The number of nitrogens with one attached hydrogen (secondary N) is 2. The Morgan fingerprint density at radius 3 is 1.56 bits per heavy atom. The highest BCUT2D eigenvalue weighted by atomic mass is 16.5. The lowest BCUT2D eigenvalue weighted by Crippen LogP contribution is -2.25. The molecular weight excluding hydrogens is 436 g/mol. The average Bonchev–Trinajstić information content (AvgIpc) is 2.87. The molecule has 0 atom stereocenters. The van der Waals surface area contributed by atoms with Crippen molar-refractivity contribution < 1.29 is 28.5 Å². The SMILES string of the molecule is COc1ccccc1NC(=O)C(=Cc1ccc(OC)c(OC)c1)C(=O)Nc1ccccc1OC. The number of ether oxygens (including phenoxy) is 4. The molecule has 2 N–H and O–H groups in total. The second-order valence-corrected chi connectivity index (χ2v) is 6.98. The normalized spacial score (nSPS) is 10.0. The Labute approximate surface area is 198 Å². The first-order valence-corrected chi connectivity index (χ1v) is 10.3. The predicted molar refractivity (Wildman–Crippen MR) is 131 cm³/mol. The van der Waals surface area contributed by atoms with E-state index >= 15 is 0 Å². The monoisotopic (exact) mass is 462 g/mol. The topological polar surface area (TPSA) is 95.1 Å². The summed E-state index contributed by atoms with van der Waals surface area (Å²) in [6.07, 6.45) is 1.47. The number of methoxy groups -OCH3 is 4. The molecule has 8 nitrogen and oxygen atoms in total. The average molecular weight is 463 g/mol. The van der Waals surface area contributed by atoms with Gasteiger partial charge in [0.2, 0.25) is 0 Å².